The summed E-state index contributed by atoms with van der Waals surface area (Å²) in [4.78, 5) is 15.1. The molecule has 5 heteroatoms. The zero-order valence-electron chi connectivity index (χ0n) is 20.5. The van der Waals surface area contributed by atoms with Gasteiger partial charge in [-0.05, 0) is 25.0 Å². The zero-order valence-corrected chi connectivity index (χ0v) is 21.3. The predicted molar refractivity (Wildman–Crippen MR) is 159 cm³/mol. The third-order valence-corrected chi connectivity index (χ3v) is 8.48. The molecule has 0 unspecified atom stereocenters. The maximum atomic E-state index is 5.11. The molecule has 0 saturated carbocycles. The van der Waals surface area contributed by atoms with Crippen LogP contribution in [0.5, 0.6) is 0 Å². The second-order valence-electron chi connectivity index (χ2n) is 9.58. The number of nitrogens with zero attached hydrogens (tertiary/aromatic N) is 4. The van der Waals surface area contributed by atoms with Crippen molar-refractivity contribution in [1.82, 2.24) is 19.5 Å². The lowest BCUT2D eigenvalue weighted by Crippen LogP contribution is -2.08. The van der Waals surface area contributed by atoms with Gasteiger partial charge in [0.15, 0.2) is 11.6 Å². The molecule has 0 amide bonds. The molecule has 8 rings (SSSR count). The molecule has 0 N–H and O–H groups in total. The first kappa shape index (κ1) is 21.5. The first-order chi connectivity index (χ1) is 18.8. The van der Waals surface area contributed by atoms with Crippen LogP contribution in [0.25, 0.3) is 64.9 Å². The van der Waals surface area contributed by atoms with Crippen LogP contribution in [0.4, 0.5) is 0 Å². The number of fused-ring (bicyclic) bond motifs is 7. The minimum absolute atomic E-state index is 0.643. The fourth-order valence-electron chi connectivity index (χ4n) is 5.53. The number of para-hydroxylation sites is 1. The Morgan fingerprint density at radius 1 is 0.632 bits per heavy atom. The topological polar surface area (TPSA) is 43.6 Å². The van der Waals surface area contributed by atoms with Gasteiger partial charge in [-0.2, -0.15) is 9.97 Å². The lowest BCUT2D eigenvalue weighted by Gasteiger charge is -2.12. The summed E-state index contributed by atoms with van der Waals surface area (Å²) in [7, 11) is 0. The molecule has 1 aliphatic carbocycles. The molecule has 0 radical (unpaired) electrons. The number of allylic oxidation sites excluding steroid dienone is 4. The number of hydrogen-bond acceptors (Lipinski definition) is 4. The normalized spacial score (nSPS) is 13.6. The molecule has 4 aromatic carbocycles. The molecule has 0 aliphatic heterocycles. The van der Waals surface area contributed by atoms with E-state index >= 15 is 0 Å². The molecule has 0 spiro atoms. The van der Waals surface area contributed by atoms with Crippen molar-refractivity contribution in [2.45, 2.75) is 12.8 Å². The molecule has 7 aromatic rings. The van der Waals surface area contributed by atoms with E-state index in [-0.39, 0.29) is 0 Å². The number of benzene rings is 4. The van der Waals surface area contributed by atoms with E-state index in [1.165, 1.54) is 30.9 Å². The SMILES string of the molecule is C1=CC(c2nc(-c3ccccc3)nc(-n3c4ccccc4c4ccc5c6ccccc6sc5c43)n2)=CCC1. The van der Waals surface area contributed by atoms with Gasteiger partial charge in [0, 0.05) is 37.4 Å². The third-order valence-electron chi connectivity index (χ3n) is 7.29. The maximum Gasteiger partial charge on any atom is 0.238 e. The Kier molecular flexibility index (Phi) is 4.79. The average molecular weight is 507 g/mol. The summed E-state index contributed by atoms with van der Waals surface area (Å²) in [5.74, 6) is 2.03. The van der Waals surface area contributed by atoms with Crippen molar-refractivity contribution in [2.24, 2.45) is 0 Å². The first-order valence-corrected chi connectivity index (χ1v) is 13.7. The Balaban J connectivity index is 1.51. The molecule has 3 aromatic heterocycles. The highest BCUT2D eigenvalue weighted by Crippen LogP contribution is 2.42. The van der Waals surface area contributed by atoms with E-state index in [2.05, 4.69) is 95.6 Å². The minimum Gasteiger partial charge on any atom is -0.276 e. The van der Waals surface area contributed by atoms with Crippen molar-refractivity contribution >= 4 is 58.9 Å². The summed E-state index contributed by atoms with van der Waals surface area (Å²) < 4.78 is 4.78. The van der Waals surface area contributed by atoms with Gasteiger partial charge in [-0.1, -0.05) is 97.1 Å². The smallest absolute Gasteiger partial charge is 0.238 e. The van der Waals surface area contributed by atoms with Crippen LogP contribution < -0.4 is 0 Å². The van der Waals surface area contributed by atoms with Crippen LogP contribution in [0.3, 0.4) is 0 Å². The summed E-state index contributed by atoms with van der Waals surface area (Å²) in [6.45, 7) is 0. The highest BCUT2D eigenvalue weighted by atomic mass is 32.1. The number of hydrogen-bond donors (Lipinski definition) is 0. The zero-order chi connectivity index (χ0) is 25.1. The number of aromatic nitrogens is 4. The summed E-state index contributed by atoms with van der Waals surface area (Å²) in [5.41, 5.74) is 4.27. The van der Waals surface area contributed by atoms with Crippen LogP contribution in [0, 0.1) is 0 Å². The van der Waals surface area contributed by atoms with Gasteiger partial charge in [-0.15, -0.1) is 11.3 Å². The van der Waals surface area contributed by atoms with Gasteiger partial charge >= 0.3 is 0 Å². The summed E-state index contributed by atoms with van der Waals surface area (Å²) in [5, 5.41) is 4.95. The molecule has 1 aliphatic rings. The Labute approximate surface area is 223 Å². The van der Waals surface area contributed by atoms with Gasteiger partial charge in [0.25, 0.3) is 0 Å². The van der Waals surface area contributed by atoms with Gasteiger partial charge in [0.05, 0.1) is 15.7 Å². The van der Waals surface area contributed by atoms with Crippen molar-refractivity contribution in [3.63, 3.8) is 0 Å². The van der Waals surface area contributed by atoms with E-state index < -0.39 is 0 Å². The van der Waals surface area contributed by atoms with Crippen LogP contribution in [0.2, 0.25) is 0 Å². The minimum atomic E-state index is 0.643. The summed E-state index contributed by atoms with van der Waals surface area (Å²) >= 11 is 1.83. The third kappa shape index (κ3) is 3.25. The second-order valence-corrected chi connectivity index (χ2v) is 10.6. The maximum absolute atomic E-state index is 5.11. The van der Waals surface area contributed by atoms with Crippen molar-refractivity contribution in [3.05, 3.63) is 115 Å². The molecular weight excluding hydrogens is 484 g/mol. The van der Waals surface area contributed by atoms with E-state index in [4.69, 9.17) is 15.0 Å². The second kappa shape index (κ2) is 8.47. The Bertz CT molecular complexity index is 2080. The highest BCUT2D eigenvalue weighted by molar-refractivity contribution is 7.26. The van der Waals surface area contributed by atoms with Gasteiger partial charge in [0.2, 0.25) is 5.95 Å². The molecule has 0 bridgehead atoms. The average Bonchev–Trinajstić information content (AvgIpc) is 3.54. The molecule has 4 nitrogen and oxygen atoms in total. The fraction of sp³-hybridized carbons (Fsp3) is 0.0606. The number of thiophene rings is 1. The summed E-state index contributed by atoms with van der Waals surface area (Å²) in [6, 6.07) is 31.9. The van der Waals surface area contributed by atoms with E-state index in [1.807, 2.05) is 29.5 Å². The van der Waals surface area contributed by atoms with Crippen molar-refractivity contribution < 1.29 is 0 Å². The van der Waals surface area contributed by atoms with Crippen LogP contribution >= 0.6 is 11.3 Å². The van der Waals surface area contributed by atoms with Crippen LogP contribution in [-0.4, -0.2) is 19.5 Å². The lowest BCUT2D eigenvalue weighted by atomic mass is 10.1. The van der Waals surface area contributed by atoms with E-state index in [0.717, 1.165) is 35.0 Å². The van der Waals surface area contributed by atoms with Crippen molar-refractivity contribution in [3.8, 4) is 17.3 Å². The Morgan fingerprint density at radius 2 is 1.39 bits per heavy atom. The molecular formula is C33H22N4S. The Morgan fingerprint density at radius 3 is 2.26 bits per heavy atom. The first-order valence-electron chi connectivity index (χ1n) is 12.9. The predicted octanol–water partition coefficient (Wildman–Crippen LogP) is 8.74. The molecule has 0 atom stereocenters. The van der Waals surface area contributed by atoms with Crippen molar-refractivity contribution in [2.75, 3.05) is 0 Å². The highest BCUT2D eigenvalue weighted by Gasteiger charge is 2.21. The summed E-state index contributed by atoms with van der Waals surface area (Å²) in [6.07, 6.45) is 8.59. The monoisotopic (exact) mass is 506 g/mol. The lowest BCUT2D eigenvalue weighted by molar-refractivity contribution is 0.929. The largest absolute Gasteiger partial charge is 0.276 e. The van der Waals surface area contributed by atoms with Crippen LogP contribution in [0.1, 0.15) is 18.7 Å². The quantitative estimate of drug-likeness (QED) is 0.241. The van der Waals surface area contributed by atoms with E-state index in [0.29, 0.717) is 17.6 Å². The van der Waals surface area contributed by atoms with Gasteiger partial charge in [-0.25, -0.2) is 4.98 Å². The van der Waals surface area contributed by atoms with Crippen molar-refractivity contribution in [1.29, 1.82) is 0 Å². The Hall–Kier alpha value is -4.61. The molecule has 3 heterocycles. The van der Waals surface area contributed by atoms with Gasteiger partial charge in [-0.3, -0.25) is 4.57 Å². The molecule has 0 fully saturated rings. The van der Waals surface area contributed by atoms with Crippen LogP contribution in [0.15, 0.2) is 109 Å². The molecule has 0 saturated heterocycles. The van der Waals surface area contributed by atoms with E-state index in [9.17, 15) is 0 Å². The van der Waals surface area contributed by atoms with E-state index in [1.54, 1.807) is 0 Å². The van der Waals surface area contributed by atoms with Crippen LogP contribution in [-0.2, 0) is 0 Å². The standard InChI is InChI=1S/C33H22N4S/c1-3-11-21(12-4-1)31-34-32(22-13-5-2-6-14-22)36-33(35-31)37-27-17-9-7-15-23(27)25-19-20-26-24-16-8-10-18-28(24)38-30(26)29(25)37/h1,3-5,7-20H,2,6H2. The van der Waals surface area contributed by atoms with Gasteiger partial charge < -0.3 is 0 Å². The molecule has 38 heavy (non-hydrogen) atoms. The van der Waals surface area contributed by atoms with Gasteiger partial charge in [0.1, 0.15) is 0 Å². The molecule has 180 valence electrons. The fourth-order valence-corrected chi connectivity index (χ4v) is 6.77. The number of rotatable bonds is 3.